The molecule has 0 aliphatic heterocycles. The van der Waals surface area contributed by atoms with Crippen molar-refractivity contribution in [3.8, 4) is 0 Å². The van der Waals surface area contributed by atoms with E-state index in [4.69, 9.17) is 16.0 Å². The Labute approximate surface area is 102 Å². The number of hydrogen-bond acceptors (Lipinski definition) is 3. The fraction of sp³-hybridized carbons (Fsp3) is 0.500. The van der Waals surface area contributed by atoms with Crippen molar-refractivity contribution in [3.05, 3.63) is 16.5 Å². The molecule has 0 saturated carbocycles. The van der Waals surface area contributed by atoms with Gasteiger partial charge in [-0.2, -0.15) is 0 Å². The van der Waals surface area contributed by atoms with E-state index in [0.29, 0.717) is 12.3 Å². The zero-order chi connectivity index (χ0) is 11.6. The van der Waals surface area contributed by atoms with E-state index in [1.54, 1.807) is 6.92 Å². The third kappa shape index (κ3) is 2.55. The Hall–Kier alpha value is -0.0400. The Bertz CT molecular complexity index is 443. The van der Waals surface area contributed by atoms with Gasteiger partial charge in [0.1, 0.15) is 10.7 Å². The standard InChI is InChI=1S/C8H11BrClNO3S/c1-3-11(2)15(12,13)7-4-6(5-10)14-8(7)9/h4H,3,5H2,1-2H3. The predicted octanol–water partition coefficient (Wildman–Crippen LogP) is 2.42. The third-order valence-corrected chi connectivity index (χ3v) is 5.02. The van der Waals surface area contributed by atoms with E-state index in [-0.39, 0.29) is 15.4 Å². The fourth-order valence-electron chi connectivity index (χ4n) is 0.977. The number of hydrogen-bond donors (Lipinski definition) is 0. The van der Waals surface area contributed by atoms with E-state index in [1.165, 1.54) is 17.4 Å². The van der Waals surface area contributed by atoms with Gasteiger partial charge in [0.05, 0.1) is 5.88 Å². The summed E-state index contributed by atoms with van der Waals surface area (Å²) in [6.07, 6.45) is 0. The Morgan fingerprint density at radius 2 is 2.20 bits per heavy atom. The van der Waals surface area contributed by atoms with Crippen molar-refractivity contribution in [1.29, 1.82) is 0 Å². The lowest BCUT2D eigenvalue weighted by Gasteiger charge is -2.12. The number of sulfonamides is 1. The summed E-state index contributed by atoms with van der Waals surface area (Å²) in [4.78, 5) is 0.113. The van der Waals surface area contributed by atoms with E-state index < -0.39 is 10.0 Å². The van der Waals surface area contributed by atoms with Crippen LogP contribution in [0.1, 0.15) is 12.7 Å². The summed E-state index contributed by atoms with van der Waals surface area (Å²) in [5.41, 5.74) is 0. The van der Waals surface area contributed by atoms with Gasteiger partial charge in [-0.05, 0) is 15.9 Å². The highest BCUT2D eigenvalue weighted by atomic mass is 79.9. The highest BCUT2D eigenvalue weighted by Gasteiger charge is 2.25. The van der Waals surface area contributed by atoms with Gasteiger partial charge in [-0.15, -0.1) is 11.6 Å². The third-order valence-electron chi connectivity index (χ3n) is 1.97. The van der Waals surface area contributed by atoms with E-state index >= 15 is 0 Å². The van der Waals surface area contributed by atoms with Gasteiger partial charge in [0, 0.05) is 19.7 Å². The van der Waals surface area contributed by atoms with Crippen LogP contribution in [0.15, 0.2) is 20.0 Å². The lowest BCUT2D eigenvalue weighted by Crippen LogP contribution is -2.26. The molecule has 0 spiro atoms. The highest BCUT2D eigenvalue weighted by molar-refractivity contribution is 9.10. The molecule has 0 aromatic carbocycles. The monoisotopic (exact) mass is 315 g/mol. The van der Waals surface area contributed by atoms with Crippen LogP contribution in [0.25, 0.3) is 0 Å². The summed E-state index contributed by atoms with van der Waals surface area (Å²) < 4.78 is 30.4. The summed E-state index contributed by atoms with van der Waals surface area (Å²) >= 11 is 8.61. The molecule has 4 nitrogen and oxygen atoms in total. The molecule has 7 heteroatoms. The Morgan fingerprint density at radius 3 is 2.60 bits per heavy atom. The second kappa shape index (κ2) is 4.86. The molecule has 0 unspecified atom stereocenters. The van der Waals surface area contributed by atoms with Crippen LogP contribution in [-0.4, -0.2) is 26.3 Å². The first-order chi connectivity index (χ1) is 6.93. The van der Waals surface area contributed by atoms with Crippen molar-refractivity contribution in [2.24, 2.45) is 0 Å². The molecule has 0 atom stereocenters. The Balaban J connectivity index is 3.21. The maximum Gasteiger partial charge on any atom is 0.247 e. The second-order valence-corrected chi connectivity index (χ2v) is 5.90. The van der Waals surface area contributed by atoms with Crippen LogP contribution >= 0.6 is 27.5 Å². The van der Waals surface area contributed by atoms with Crippen LogP contribution in [0.3, 0.4) is 0 Å². The van der Waals surface area contributed by atoms with Crippen LogP contribution in [0, 0.1) is 0 Å². The van der Waals surface area contributed by atoms with Gasteiger partial charge < -0.3 is 4.42 Å². The molecule has 1 rings (SSSR count). The van der Waals surface area contributed by atoms with Gasteiger partial charge in [0.25, 0.3) is 0 Å². The zero-order valence-corrected chi connectivity index (χ0v) is 11.5. The summed E-state index contributed by atoms with van der Waals surface area (Å²) in [6, 6.07) is 1.43. The molecule has 15 heavy (non-hydrogen) atoms. The molecule has 0 fully saturated rings. The first-order valence-electron chi connectivity index (χ1n) is 4.24. The van der Waals surface area contributed by atoms with E-state index in [2.05, 4.69) is 15.9 Å². The van der Waals surface area contributed by atoms with Crippen molar-refractivity contribution < 1.29 is 12.8 Å². The van der Waals surface area contributed by atoms with Crippen molar-refractivity contribution in [1.82, 2.24) is 4.31 Å². The number of alkyl halides is 1. The quantitative estimate of drug-likeness (QED) is 0.802. The summed E-state index contributed by atoms with van der Waals surface area (Å²) in [5, 5.41) is 0. The molecule has 1 aromatic rings. The molecule has 0 N–H and O–H groups in total. The molecule has 0 aliphatic rings. The van der Waals surface area contributed by atoms with Gasteiger partial charge in [0.2, 0.25) is 10.0 Å². The molecule has 86 valence electrons. The average molecular weight is 317 g/mol. The molecular formula is C8H11BrClNO3S. The molecule has 0 saturated heterocycles. The van der Waals surface area contributed by atoms with Gasteiger partial charge in [-0.1, -0.05) is 6.92 Å². The second-order valence-electron chi connectivity index (χ2n) is 2.90. The minimum Gasteiger partial charge on any atom is -0.452 e. The zero-order valence-electron chi connectivity index (χ0n) is 8.33. The number of rotatable bonds is 4. The lowest BCUT2D eigenvalue weighted by atomic mass is 10.5. The van der Waals surface area contributed by atoms with Gasteiger partial charge in [-0.3, -0.25) is 0 Å². The van der Waals surface area contributed by atoms with Gasteiger partial charge in [0.15, 0.2) is 4.67 Å². The van der Waals surface area contributed by atoms with Crippen LogP contribution in [0.2, 0.25) is 0 Å². The largest absolute Gasteiger partial charge is 0.452 e. The number of furan rings is 1. The highest BCUT2D eigenvalue weighted by Crippen LogP contribution is 2.28. The smallest absolute Gasteiger partial charge is 0.247 e. The molecular weight excluding hydrogens is 306 g/mol. The summed E-state index contributed by atoms with van der Waals surface area (Å²) in [6.45, 7) is 2.16. The lowest BCUT2D eigenvalue weighted by molar-refractivity contribution is 0.475. The normalized spacial score (nSPS) is 12.3. The number of halogens is 2. The topological polar surface area (TPSA) is 50.5 Å². The van der Waals surface area contributed by atoms with Crippen molar-refractivity contribution in [2.75, 3.05) is 13.6 Å². The van der Waals surface area contributed by atoms with Crippen LogP contribution in [-0.2, 0) is 15.9 Å². The molecule has 1 heterocycles. The van der Waals surface area contributed by atoms with Crippen molar-refractivity contribution in [3.63, 3.8) is 0 Å². The summed E-state index contributed by atoms with van der Waals surface area (Å²) in [7, 11) is -1.97. The minimum atomic E-state index is -3.47. The van der Waals surface area contributed by atoms with Crippen molar-refractivity contribution >= 4 is 37.6 Å². The Kier molecular flexibility index (Phi) is 4.22. The fourth-order valence-corrected chi connectivity index (χ4v) is 3.25. The summed E-state index contributed by atoms with van der Waals surface area (Å²) in [5.74, 6) is 0.566. The van der Waals surface area contributed by atoms with E-state index in [1.807, 2.05) is 0 Å². The molecule has 0 bridgehead atoms. The Morgan fingerprint density at radius 1 is 1.60 bits per heavy atom. The van der Waals surface area contributed by atoms with Crippen molar-refractivity contribution in [2.45, 2.75) is 17.7 Å². The average Bonchev–Trinajstić information content (AvgIpc) is 2.58. The predicted molar refractivity (Wildman–Crippen MR) is 61.5 cm³/mol. The first kappa shape index (κ1) is 13.0. The molecule has 0 radical (unpaired) electrons. The van der Waals surface area contributed by atoms with Crippen LogP contribution < -0.4 is 0 Å². The SMILES string of the molecule is CCN(C)S(=O)(=O)c1cc(CCl)oc1Br. The minimum absolute atomic E-state index is 0.113. The number of nitrogens with zero attached hydrogens (tertiary/aromatic N) is 1. The maximum atomic E-state index is 11.9. The van der Waals surface area contributed by atoms with E-state index in [9.17, 15) is 8.42 Å². The van der Waals surface area contributed by atoms with Crippen LogP contribution in [0.5, 0.6) is 0 Å². The van der Waals surface area contributed by atoms with Crippen LogP contribution in [0.4, 0.5) is 0 Å². The van der Waals surface area contributed by atoms with Gasteiger partial charge in [-0.25, -0.2) is 12.7 Å². The first-order valence-corrected chi connectivity index (χ1v) is 7.00. The maximum absolute atomic E-state index is 11.9. The van der Waals surface area contributed by atoms with E-state index in [0.717, 1.165) is 0 Å². The van der Waals surface area contributed by atoms with Gasteiger partial charge >= 0.3 is 0 Å². The molecule has 1 aromatic heterocycles. The molecule has 0 aliphatic carbocycles. The molecule has 0 amide bonds.